The summed E-state index contributed by atoms with van der Waals surface area (Å²) >= 11 is 0. The Balaban J connectivity index is 1.50. The molecule has 0 aromatic heterocycles. The van der Waals surface area contributed by atoms with E-state index in [2.05, 4.69) is 0 Å². The third-order valence-corrected chi connectivity index (χ3v) is 5.04. The first-order valence-electron chi connectivity index (χ1n) is 10.3. The molecule has 30 heavy (non-hydrogen) atoms. The molecule has 9 nitrogen and oxygen atoms in total. The lowest BCUT2D eigenvalue weighted by Crippen LogP contribution is -2.63. The molecule has 2 aliphatic heterocycles. The maximum absolute atomic E-state index is 6.19. The van der Waals surface area contributed by atoms with Crippen molar-refractivity contribution in [2.45, 2.75) is 37.0 Å². The van der Waals surface area contributed by atoms with Crippen molar-refractivity contribution in [2.75, 3.05) is 60.4 Å². The number of fused-ring (bicyclic) bond motifs is 1. The molecule has 2 saturated heterocycles. The molecule has 0 spiro atoms. The van der Waals surface area contributed by atoms with Gasteiger partial charge in [0.15, 0.2) is 12.6 Å². The van der Waals surface area contributed by atoms with Gasteiger partial charge in [-0.15, -0.1) is 0 Å². The van der Waals surface area contributed by atoms with E-state index in [0.29, 0.717) is 46.2 Å². The largest absolute Gasteiger partial charge is 0.378 e. The summed E-state index contributed by atoms with van der Waals surface area (Å²) in [6, 6.07) is 9.80. The molecule has 0 saturated carbocycles. The van der Waals surface area contributed by atoms with Gasteiger partial charge < -0.3 is 43.6 Å². The fraction of sp³-hybridized carbons (Fsp3) is 0.714. The van der Waals surface area contributed by atoms with Gasteiger partial charge in [-0.1, -0.05) is 30.3 Å². The fourth-order valence-corrected chi connectivity index (χ4v) is 3.61. The van der Waals surface area contributed by atoms with Gasteiger partial charge in [0.25, 0.3) is 0 Å². The maximum Gasteiger partial charge on any atom is 0.187 e. The molecule has 0 aliphatic carbocycles. The van der Waals surface area contributed by atoms with E-state index in [-0.39, 0.29) is 18.3 Å². The van der Waals surface area contributed by atoms with E-state index in [9.17, 15) is 0 Å². The molecule has 1 aromatic carbocycles. The number of methoxy groups -OCH3 is 2. The molecule has 2 heterocycles. The molecule has 2 fully saturated rings. The van der Waals surface area contributed by atoms with Crippen LogP contribution in [0.15, 0.2) is 30.3 Å². The maximum atomic E-state index is 6.19. The summed E-state index contributed by atoms with van der Waals surface area (Å²) in [5.41, 5.74) is 6.32. The van der Waals surface area contributed by atoms with Gasteiger partial charge in [0.2, 0.25) is 0 Å². The first-order chi connectivity index (χ1) is 14.8. The normalized spacial score (nSPS) is 31.4. The standard InChI is InChI=1S/C21H33NO8/c1-23-18-17-16(14-28-20(30-17)15-6-4-3-5-7-15)29-21(19(18)24-2)27-13-12-26-11-10-25-9-8-22/h3-7,16-21H,8-14,22H2,1-2H3/t16?,17-,18?,19?,20?,21+/m1/s1. The van der Waals surface area contributed by atoms with Crippen molar-refractivity contribution in [3.05, 3.63) is 35.9 Å². The van der Waals surface area contributed by atoms with E-state index < -0.39 is 18.7 Å². The van der Waals surface area contributed by atoms with E-state index in [4.69, 9.17) is 43.6 Å². The Hall–Kier alpha value is -1.14. The predicted molar refractivity (Wildman–Crippen MR) is 107 cm³/mol. The Morgan fingerprint density at radius 2 is 1.60 bits per heavy atom. The summed E-state index contributed by atoms with van der Waals surface area (Å²) < 4.78 is 46.2. The second kappa shape index (κ2) is 12.7. The van der Waals surface area contributed by atoms with Crippen LogP contribution in [0, 0.1) is 0 Å². The molecule has 9 heteroatoms. The zero-order chi connectivity index (χ0) is 21.2. The minimum Gasteiger partial charge on any atom is -0.378 e. The lowest BCUT2D eigenvalue weighted by Gasteiger charge is -2.48. The molecular weight excluding hydrogens is 394 g/mol. The quantitative estimate of drug-likeness (QED) is 0.487. The van der Waals surface area contributed by atoms with Crippen molar-refractivity contribution in [2.24, 2.45) is 5.73 Å². The first kappa shape index (κ1) is 23.5. The van der Waals surface area contributed by atoms with Crippen molar-refractivity contribution in [3.8, 4) is 0 Å². The van der Waals surface area contributed by atoms with Gasteiger partial charge in [0.1, 0.15) is 24.4 Å². The molecule has 0 radical (unpaired) electrons. The Morgan fingerprint density at radius 1 is 0.900 bits per heavy atom. The molecule has 2 aliphatic rings. The molecule has 0 bridgehead atoms. The molecule has 1 aromatic rings. The van der Waals surface area contributed by atoms with E-state index >= 15 is 0 Å². The van der Waals surface area contributed by atoms with Gasteiger partial charge in [-0.05, 0) is 0 Å². The van der Waals surface area contributed by atoms with E-state index in [1.807, 2.05) is 30.3 Å². The average Bonchev–Trinajstić information content (AvgIpc) is 2.80. The van der Waals surface area contributed by atoms with Crippen LogP contribution in [0.5, 0.6) is 0 Å². The van der Waals surface area contributed by atoms with E-state index in [1.54, 1.807) is 14.2 Å². The predicted octanol–water partition coefficient (Wildman–Crippen LogP) is 0.864. The van der Waals surface area contributed by atoms with Crippen LogP contribution >= 0.6 is 0 Å². The zero-order valence-electron chi connectivity index (χ0n) is 17.6. The fourth-order valence-electron chi connectivity index (χ4n) is 3.61. The highest BCUT2D eigenvalue weighted by Gasteiger charge is 2.51. The summed E-state index contributed by atoms with van der Waals surface area (Å²) in [4.78, 5) is 0. The first-order valence-corrected chi connectivity index (χ1v) is 10.3. The molecular formula is C21H33NO8. The van der Waals surface area contributed by atoms with Crippen LogP contribution in [0.4, 0.5) is 0 Å². The number of rotatable bonds is 12. The zero-order valence-corrected chi connectivity index (χ0v) is 17.6. The number of hydrogen-bond donors (Lipinski definition) is 1. The Morgan fingerprint density at radius 3 is 2.30 bits per heavy atom. The third-order valence-electron chi connectivity index (χ3n) is 5.04. The van der Waals surface area contributed by atoms with Crippen LogP contribution < -0.4 is 5.73 Å². The summed E-state index contributed by atoms with van der Waals surface area (Å²) in [5, 5.41) is 0. The van der Waals surface area contributed by atoms with Gasteiger partial charge in [0.05, 0.1) is 39.6 Å². The summed E-state index contributed by atoms with van der Waals surface area (Å²) in [6.45, 7) is 3.15. The monoisotopic (exact) mass is 427 g/mol. The van der Waals surface area contributed by atoms with Crippen LogP contribution in [-0.4, -0.2) is 91.1 Å². The Bertz CT molecular complexity index is 592. The van der Waals surface area contributed by atoms with Crippen molar-refractivity contribution >= 4 is 0 Å². The van der Waals surface area contributed by atoms with Crippen molar-refractivity contribution in [1.82, 2.24) is 0 Å². The van der Waals surface area contributed by atoms with E-state index in [0.717, 1.165) is 5.56 Å². The van der Waals surface area contributed by atoms with Crippen LogP contribution in [0.3, 0.4) is 0 Å². The summed E-state index contributed by atoms with van der Waals surface area (Å²) in [7, 11) is 3.24. The number of hydrogen-bond acceptors (Lipinski definition) is 9. The number of ether oxygens (including phenoxy) is 8. The molecule has 0 amide bonds. The lowest BCUT2D eigenvalue weighted by molar-refractivity contribution is -0.366. The highest BCUT2D eigenvalue weighted by molar-refractivity contribution is 5.16. The Labute approximate surface area is 177 Å². The molecule has 6 atom stereocenters. The smallest absolute Gasteiger partial charge is 0.187 e. The van der Waals surface area contributed by atoms with Crippen LogP contribution in [0.25, 0.3) is 0 Å². The molecule has 4 unspecified atom stereocenters. The summed E-state index contributed by atoms with van der Waals surface area (Å²) in [5.74, 6) is 0. The van der Waals surface area contributed by atoms with Gasteiger partial charge >= 0.3 is 0 Å². The second-order valence-electron chi connectivity index (χ2n) is 7.00. The van der Waals surface area contributed by atoms with Crippen molar-refractivity contribution < 1.29 is 37.9 Å². The van der Waals surface area contributed by atoms with E-state index in [1.165, 1.54) is 0 Å². The number of nitrogens with two attached hydrogens (primary N) is 1. The van der Waals surface area contributed by atoms with Gasteiger partial charge in [0, 0.05) is 26.3 Å². The van der Waals surface area contributed by atoms with Crippen LogP contribution in [0.2, 0.25) is 0 Å². The lowest BCUT2D eigenvalue weighted by atomic mass is 9.97. The van der Waals surface area contributed by atoms with Gasteiger partial charge in [-0.25, -0.2) is 0 Å². The van der Waals surface area contributed by atoms with Crippen LogP contribution in [-0.2, 0) is 37.9 Å². The average molecular weight is 427 g/mol. The molecule has 2 N–H and O–H groups in total. The minimum atomic E-state index is -0.612. The highest BCUT2D eigenvalue weighted by Crippen LogP contribution is 2.36. The number of benzene rings is 1. The van der Waals surface area contributed by atoms with Gasteiger partial charge in [-0.2, -0.15) is 0 Å². The SMILES string of the molecule is COC1C(OC)[C@@H]2OC(c3ccccc3)OCC2O[C@@H]1OCCOCCOCCN. The highest BCUT2D eigenvalue weighted by atomic mass is 16.8. The topological polar surface area (TPSA) is 99.9 Å². The Kier molecular flexibility index (Phi) is 9.92. The van der Waals surface area contributed by atoms with Crippen LogP contribution in [0.1, 0.15) is 11.9 Å². The summed E-state index contributed by atoms with van der Waals surface area (Å²) in [6.07, 6.45) is -2.55. The molecule has 3 rings (SSSR count). The van der Waals surface area contributed by atoms with Crippen molar-refractivity contribution in [3.63, 3.8) is 0 Å². The minimum absolute atomic E-state index is 0.322. The van der Waals surface area contributed by atoms with Crippen molar-refractivity contribution in [1.29, 1.82) is 0 Å². The third kappa shape index (κ3) is 6.19. The molecule has 170 valence electrons. The second-order valence-corrected chi connectivity index (χ2v) is 7.00. The van der Waals surface area contributed by atoms with Gasteiger partial charge in [-0.3, -0.25) is 0 Å².